The van der Waals surface area contributed by atoms with Crippen molar-refractivity contribution in [3.63, 3.8) is 0 Å². The number of nitrogens with one attached hydrogen (secondary N) is 1. The van der Waals surface area contributed by atoms with Gasteiger partial charge in [-0.1, -0.05) is 11.6 Å². The lowest BCUT2D eigenvalue weighted by Gasteiger charge is -2.45. The Morgan fingerprint density at radius 2 is 1.75 bits per heavy atom. The van der Waals surface area contributed by atoms with Crippen LogP contribution in [0.2, 0.25) is 5.02 Å². The van der Waals surface area contributed by atoms with Gasteiger partial charge in [0.15, 0.2) is 0 Å². The second-order valence-electron chi connectivity index (χ2n) is 10.7. The Kier molecular flexibility index (Phi) is 6.36. The van der Waals surface area contributed by atoms with Gasteiger partial charge in [-0.25, -0.2) is 9.78 Å². The van der Waals surface area contributed by atoms with Gasteiger partial charge in [0.25, 0.3) is 0 Å². The first-order chi connectivity index (χ1) is 15.4. The van der Waals surface area contributed by atoms with E-state index in [1.807, 2.05) is 32.2 Å². The van der Waals surface area contributed by atoms with E-state index in [9.17, 15) is 0 Å². The molecule has 1 N–H and O–H groups in total. The topological polar surface area (TPSA) is 52.6 Å². The Bertz CT molecular complexity index is 922. The van der Waals surface area contributed by atoms with E-state index in [-0.39, 0.29) is 5.60 Å². The van der Waals surface area contributed by atoms with Gasteiger partial charge in [0.1, 0.15) is 5.60 Å². The summed E-state index contributed by atoms with van der Waals surface area (Å²) in [4.78, 5) is 15.8. The van der Waals surface area contributed by atoms with Crippen LogP contribution in [-0.4, -0.2) is 29.0 Å². The summed E-state index contributed by atoms with van der Waals surface area (Å²) in [7, 11) is 0. The number of ether oxygens (including phenoxy) is 1. The number of aromatic nitrogens is 1. The van der Waals surface area contributed by atoms with Gasteiger partial charge in [0.2, 0.25) is 5.79 Å². The standard InChI is InChI=1S/C26H35ClN2O3/c1-25(2)17-30-26(32-31-25)12-9-19(10-13-26)15-18-3-6-21(7-4-18)29-23-11-14-28-24-16-20(27)5-8-22(23)24/h5,8,11,14,16,18-19,21H,3-4,6-7,9-10,12-13,15,17H2,1-2H3,(H,28,29). The third-order valence-electron chi connectivity index (χ3n) is 7.55. The van der Waals surface area contributed by atoms with Crippen LogP contribution in [0.3, 0.4) is 0 Å². The summed E-state index contributed by atoms with van der Waals surface area (Å²) >= 11 is 6.13. The molecule has 5 nitrogen and oxygen atoms in total. The van der Waals surface area contributed by atoms with Crippen molar-refractivity contribution >= 4 is 28.2 Å². The van der Waals surface area contributed by atoms with Crippen molar-refractivity contribution in [3.8, 4) is 0 Å². The van der Waals surface area contributed by atoms with Crippen LogP contribution >= 0.6 is 11.6 Å². The number of anilines is 1. The predicted molar refractivity (Wildman–Crippen MR) is 128 cm³/mol. The molecule has 0 atom stereocenters. The maximum Gasteiger partial charge on any atom is 0.201 e. The molecule has 2 aromatic rings. The molecule has 0 bridgehead atoms. The highest BCUT2D eigenvalue weighted by Gasteiger charge is 2.45. The number of hydrogen-bond acceptors (Lipinski definition) is 5. The molecule has 1 spiro atoms. The van der Waals surface area contributed by atoms with Gasteiger partial charge in [-0.2, -0.15) is 0 Å². The predicted octanol–water partition coefficient (Wildman–Crippen LogP) is 6.89. The van der Waals surface area contributed by atoms with E-state index in [1.54, 1.807) is 0 Å². The highest BCUT2D eigenvalue weighted by molar-refractivity contribution is 6.31. The van der Waals surface area contributed by atoms with Crippen LogP contribution in [0.5, 0.6) is 0 Å². The minimum atomic E-state index is -0.495. The van der Waals surface area contributed by atoms with Crippen LogP contribution in [0.25, 0.3) is 10.9 Å². The maximum absolute atomic E-state index is 6.13. The molecule has 6 heteroatoms. The summed E-state index contributed by atoms with van der Waals surface area (Å²) in [6.07, 6.45) is 12.5. The van der Waals surface area contributed by atoms with Crippen molar-refractivity contribution in [1.29, 1.82) is 0 Å². The number of nitrogens with zero attached hydrogens (tertiary/aromatic N) is 1. The SMILES string of the molecule is CC1(C)COC2(CCC(CC3CCC(Nc4ccnc5cc(Cl)ccc45)CC3)CC2)OO1. The first-order valence-electron chi connectivity index (χ1n) is 12.2. The number of hydrogen-bond donors (Lipinski definition) is 1. The van der Waals surface area contributed by atoms with E-state index in [1.165, 1.54) is 50.6 Å². The molecular formula is C26H35ClN2O3. The molecule has 0 unspecified atom stereocenters. The van der Waals surface area contributed by atoms with Crippen molar-refractivity contribution in [2.45, 2.75) is 89.1 Å². The Balaban J connectivity index is 1.09. The molecule has 0 amide bonds. The monoisotopic (exact) mass is 458 g/mol. The van der Waals surface area contributed by atoms with E-state index in [0.717, 1.165) is 40.6 Å². The number of halogens is 1. The first kappa shape index (κ1) is 22.4. The molecule has 2 heterocycles. The average molecular weight is 459 g/mol. The van der Waals surface area contributed by atoms with E-state index < -0.39 is 5.79 Å². The molecule has 174 valence electrons. The molecule has 1 aliphatic heterocycles. The van der Waals surface area contributed by atoms with Crippen LogP contribution < -0.4 is 5.32 Å². The minimum absolute atomic E-state index is 0.343. The second-order valence-corrected chi connectivity index (χ2v) is 11.1. The normalized spacial score (nSPS) is 32.8. The average Bonchev–Trinajstić information content (AvgIpc) is 2.79. The number of benzene rings is 1. The van der Waals surface area contributed by atoms with Gasteiger partial charge in [-0.05, 0) is 94.9 Å². The lowest BCUT2D eigenvalue weighted by molar-refractivity contribution is -0.512. The Morgan fingerprint density at radius 1 is 1.00 bits per heavy atom. The number of fused-ring (bicyclic) bond motifs is 1. The van der Waals surface area contributed by atoms with Crippen LogP contribution in [0, 0.1) is 11.8 Å². The first-order valence-corrected chi connectivity index (χ1v) is 12.6. The molecule has 2 saturated carbocycles. The fourth-order valence-electron chi connectivity index (χ4n) is 5.60. The Morgan fingerprint density at radius 3 is 2.47 bits per heavy atom. The van der Waals surface area contributed by atoms with E-state index in [4.69, 9.17) is 26.1 Å². The zero-order valence-corrected chi connectivity index (χ0v) is 20.0. The van der Waals surface area contributed by atoms with Crippen molar-refractivity contribution in [1.82, 2.24) is 4.98 Å². The van der Waals surface area contributed by atoms with Gasteiger partial charge in [-0.15, -0.1) is 0 Å². The molecule has 1 saturated heterocycles. The quantitative estimate of drug-likeness (QED) is 0.505. The van der Waals surface area contributed by atoms with Crippen LogP contribution in [-0.2, 0) is 14.5 Å². The Hall–Kier alpha value is -1.40. The molecule has 3 aliphatic rings. The second kappa shape index (κ2) is 9.09. The molecule has 0 radical (unpaired) electrons. The van der Waals surface area contributed by atoms with Crippen LogP contribution in [0.1, 0.15) is 71.6 Å². The summed E-state index contributed by atoms with van der Waals surface area (Å²) in [5, 5.41) is 5.66. The van der Waals surface area contributed by atoms with Crippen molar-refractivity contribution < 1.29 is 14.5 Å². The fourth-order valence-corrected chi connectivity index (χ4v) is 5.77. The van der Waals surface area contributed by atoms with E-state index >= 15 is 0 Å². The van der Waals surface area contributed by atoms with E-state index in [2.05, 4.69) is 22.4 Å². The van der Waals surface area contributed by atoms with Gasteiger partial charge in [0, 0.05) is 41.2 Å². The minimum Gasteiger partial charge on any atom is -0.382 e. The highest BCUT2D eigenvalue weighted by Crippen LogP contribution is 2.43. The molecule has 5 rings (SSSR count). The van der Waals surface area contributed by atoms with Gasteiger partial charge in [0.05, 0.1) is 12.1 Å². The van der Waals surface area contributed by atoms with E-state index in [0.29, 0.717) is 12.6 Å². The van der Waals surface area contributed by atoms with Crippen molar-refractivity contribution in [2.75, 3.05) is 11.9 Å². The van der Waals surface area contributed by atoms with Crippen molar-refractivity contribution in [2.24, 2.45) is 11.8 Å². The van der Waals surface area contributed by atoms with Gasteiger partial charge < -0.3 is 10.1 Å². The number of pyridine rings is 1. The summed E-state index contributed by atoms with van der Waals surface area (Å²) in [6, 6.07) is 8.56. The summed E-state index contributed by atoms with van der Waals surface area (Å²) in [5.74, 6) is 1.13. The van der Waals surface area contributed by atoms with Gasteiger partial charge in [-0.3, -0.25) is 4.98 Å². The smallest absolute Gasteiger partial charge is 0.201 e. The van der Waals surface area contributed by atoms with Crippen LogP contribution in [0.4, 0.5) is 5.69 Å². The third kappa shape index (κ3) is 5.06. The van der Waals surface area contributed by atoms with Crippen LogP contribution in [0.15, 0.2) is 30.5 Å². The fraction of sp³-hybridized carbons (Fsp3) is 0.654. The molecule has 1 aromatic heterocycles. The Labute approximate surface area is 196 Å². The molecule has 32 heavy (non-hydrogen) atoms. The summed E-state index contributed by atoms with van der Waals surface area (Å²) in [5.41, 5.74) is 1.78. The lowest BCUT2D eigenvalue weighted by atomic mass is 9.75. The third-order valence-corrected chi connectivity index (χ3v) is 7.78. The van der Waals surface area contributed by atoms with Crippen molar-refractivity contribution in [3.05, 3.63) is 35.5 Å². The molecule has 3 fully saturated rings. The summed E-state index contributed by atoms with van der Waals surface area (Å²) < 4.78 is 6.10. The maximum atomic E-state index is 6.13. The zero-order chi connectivity index (χ0) is 22.2. The summed E-state index contributed by atoms with van der Waals surface area (Å²) in [6.45, 7) is 4.61. The zero-order valence-electron chi connectivity index (χ0n) is 19.2. The number of rotatable bonds is 4. The highest BCUT2D eigenvalue weighted by atomic mass is 35.5. The molecular weight excluding hydrogens is 424 g/mol. The lowest BCUT2D eigenvalue weighted by Crippen LogP contribution is -2.51. The molecule has 2 aliphatic carbocycles. The largest absolute Gasteiger partial charge is 0.382 e. The molecule has 1 aromatic carbocycles. The van der Waals surface area contributed by atoms with Gasteiger partial charge >= 0.3 is 0 Å².